The standard InChI is InChI=1S/C10H19NO2/c1-3-8(2)9(10(12)13)11-6-4-5-7-11/h8-9H,3-7H2,1-2H3,(H,12,13). The van der Waals surface area contributed by atoms with Gasteiger partial charge < -0.3 is 5.11 Å². The molecular weight excluding hydrogens is 166 g/mol. The molecule has 1 saturated heterocycles. The summed E-state index contributed by atoms with van der Waals surface area (Å²) in [7, 11) is 0. The Morgan fingerprint density at radius 2 is 2.00 bits per heavy atom. The molecule has 1 aliphatic rings. The molecular formula is C10H19NO2. The summed E-state index contributed by atoms with van der Waals surface area (Å²) in [4.78, 5) is 13.2. The maximum atomic E-state index is 11.0. The molecule has 0 aromatic carbocycles. The quantitative estimate of drug-likeness (QED) is 0.723. The molecule has 0 amide bonds. The Labute approximate surface area is 79.7 Å². The molecule has 13 heavy (non-hydrogen) atoms. The molecule has 1 rings (SSSR count). The molecule has 0 saturated carbocycles. The van der Waals surface area contributed by atoms with Crippen LogP contribution >= 0.6 is 0 Å². The van der Waals surface area contributed by atoms with Crippen LogP contribution in [0.3, 0.4) is 0 Å². The summed E-state index contributed by atoms with van der Waals surface area (Å²) in [6.45, 7) is 6.00. The lowest BCUT2D eigenvalue weighted by Crippen LogP contribution is -2.43. The first kappa shape index (κ1) is 10.5. The topological polar surface area (TPSA) is 40.5 Å². The van der Waals surface area contributed by atoms with Gasteiger partial charge in [0.05, 0.1) is 0 Å². The van der Waals surface area contributed by atoms with Gasteiger partial charge in [-0.25, -0.2) is 0 Å². The second kappa shape index (κ2) is 4.61. The van der Waals surface area contributed by atoms with Crippen LogP contribution in [0.15, 0.2) is 0 Å². The first-order valence-electron chi connectivity index (χ1n) is 5.13. The fraction of sp³-hybridized carbons (Fsp3) is 0.900. The van der Waals surface area contributed by atoms with Gasteiger partial charge in [-0.15, -0.1) is 0 Å². The lowest BCUT2D eigenvalue weighted by atomic mass is 9.98. The van der Waals surface area contributed by atoms with E-state index in [1.165, 1.54) is 0 Å². The highest BCUT2D eigenvalue weighted by Gasteiger charge is 2.31. The van der Waals surface area contributed by atoms with E-state index in [1.54, 1.807) is 0 Å². The largest absolute Gasteiger partial charge is 0.480 e. The zero-order valence-electron chi connectivity index (χ0n) is 8.49. The van der Waals surface area contributed by atoms with Gasteiger partial charge in [0, 0.05) is 0 Å². The molecule has 0 aromatic rings. The van der Waals surface area contributed by atoms with E-state index in [4.69, 9.17) is 5.11 Å². The minimum atomic E-state index is -0.656. The monoisotopic (exact) mass is 185 g/mol. The number of carbonyl (C=O) groups is 1. The van der Waals surface area contributed by atoms with Crippen LogP contribution in [0.5, 0.6) is 0 Å². The summed E-state index contributed by atoms with van der Waals surface area (Å²) in [6, 6.07) is -0.257. The molecule has 2 unspecified atom stereocenters. The van der Waals surface area contributed by atoms with Gasteiger partial charge in [0.1, 0.15) is 6.04 Å². The number of hydrogen-bond acceptors (Lipinski definition) is 2. The summed E-state index contributed by atoms with van der Waals surface area (Å²) in [6.07, 6.45) is 3.24. The van der Waals surface area contributed by atoms with Crippen molar-refractivity contribution < 1.29 is 9.90 Å². The molecule has 1 heterocycles. The summed E-state index contributed by atoms with van der Waals surface area (Å²) in [5, 5.41) is 9.09. The van der Waals surface area contributed by atoms with E-state index in [0.29, 0.717) is 0 Å². The fourth-order valence-corrected chi connectivity index (χ4v) is 2.00. The van der Waals surface area contributed by atoms with Crippen LogP contribution < -0.4 is 0 Å². The van der Waals surface area contributed by atoms with Crippen molar-refractivity contribution in [3.63, 3.8) is 0 Å². The van der Waals surface area contributed by atoms with Gasteiger partial charge in [-0.1, -0.05) is 20.3 Å². The molecule has 3 nitrogen and oxygen atoms in total. The summed E-state index contributed by atoms with van der Waals surface area (Å²) in [5.74, 6) is -0.396. The third-order valence-electron chi connectivity index (χ3n) is 2.97. The Morgan fingerprint density at radius 3 is 2.38 bits per heavy atom. The Morgan fingerprint density at radius 1 is 1.46 bits per heavy atom. The van der Waals surface area contributed by atoms with Crippen LogP contribution in [-0.4, -0.2) is 35.1 Å². The lowest BCUT2D eigenvalue weighted by Gasteiger charge is -2.28. The van der Waals surface area contributed by atoms with E-state index in [1.807, 2.05) is 6.92 Å². The van der Waals surface area contributed by atoms with Gasteiger partial charge in [-0.2, -0.15) is 0 Å². The predicted octanol–water partition coefficient (Wildman–Crippen LogP) is 1.58. The first-order chi connectivity index (χ1) is 6.16. The Hall–Kier alpha value is -0.570. The van der Waals surface area contributed by atoms with Crippen LogP contribution in [0.2, 0.25) is 0 Å². The molecule has 1 N–H and O–H groups in total. The highest BCUT2D eigenvalue weighted by molar-refractivity contribution is 5.73. The molecule has 76 valence electrons. The van der Waals surface area contributed by atoms with Crippen LogP contribution in [0.1, 0.15) is 33.1 Å². The molecule has 0 aromatic heterocycles. The number of likely N-dealkylation sites (tertiary alicyclic amines) is 1. The molecule has 0 spiro atoms. The highest BCUT2D eigenvalue weighted by atomic mass is 16.4. The van der Waals surface area contributed by atoms with Crippen molar-refractivity contribution >= 4 is 5.97 Å². The van der Waals surface area contributed by atoms with Gasteiger partial charge >= 0.3 is 5.97 Å². The van der Waals surface area contributed by atoms with Gasteiger partial charge in [0.2, 0.25) is 0 Å². The van der Waals surface area contributed by atoms with Gasteiger partial charge in [-0.3, -0.25) is 9.69 Å². The molecule has 0 radical (unpaired) electrons. The van der Waals surface area contributed by atoms with Crippen molar-refractivity contribution in [3.05, 3.63) is 0 Å². The average Bonchev–Trinajstić information content (AvgIpc) is 2.56. The van der Waals surface area contributed by atoms with Crippen LogP contribution in [0.25, 0.3) is 0 Å². The van der Waals surface area contributed by atoms with Crippen LogP contribution in [0.4, 0.5) is 0 Å². The van der Waals surface area contributed by atoms with Crippen molar-refractivity contribution in [1.82, 2.24) is 4.90 Å². The van der Waals surface area contributed by atoms with Crippen molar-refractivity contribution in [2.24, 2.45) is 5.92 Å². The number of carboxylic acid groups (broad SMARTS) is 1. The van der Waals surface area contributed by atoms with E-state index < -0.39 is 5.97 Å². The van der Waals surface area contributed by atoms with Gasteiger partial charge in [0.25, 0.3) is 0 Å². The van der Waals surface area contributed by atoms with Crippen LogP contribution in [-0.2, 0) is 4.79 Å². The van der Waals surface area contributed by atoms with Crippen molar-refractivity contribution in [2.45, 2.75) is 39.2 Å². The third kappa shape index (κ3) is 2.44. The van der Waals surface area contributed by atoms with Crippen molar-refractivity contribution in [3.8, 4) is 0 Å². The Balaban J connectivity index is 2.60. The molecule has 0 bridgehead atoms. The number of carboxylic acids is 1. The maximum absolute atomic E-state index is 11.0. The smallest absolute Gasteiger partial charge is 0.321 e. The van der Waals surface area contributed by atoms with Crippen LogP contribution in [0, 0.1) is 5.92 Å². The van der Waals surface area contributed by atoms with E-state index in [-0.39, 0.29) is 12.0 Å². The van der Waals surface area contributed by atoms with Gasteiger partial charge in [0.15, 0.2) is 0 Å². The molecule has 1 aliphatic heterocycles. The minimum absolute atomic E-state index is 0.257. The average molecular weight is 185 g/mol. The number of aliphatic carboxylic acids is 1. The second-order valence-corrected chi connectivity index (χ2v) is 3.91. The Kier molecular flexibility index (Phi) is 3.72. The number of hydrogen-bond donors (Lipinski definition) is 1. The lowest BCUT2D eigenvalue weighted by molar-refractivity contribution is -0.144. The SMILES string of the molecule is CCC(C)C(C(=O)O)N1CCCC1. The molecule has 0 aliphatic carbocycles. The fourth-order valence-electron chi connectivity index (χ4n) is 2.00. The third-order valence-corrected chi connectivity index (χ3v) is 2.97. The zero-order chi connectivity index (χ0) is 9.84. The number of rotatable bonds is 4. The maximum Gasteiger partial charge on any atom is 0.321 e. The van der Waals surface area contributed by atoms with E-state index in [9.17, 15) is 4.79 Å². The van der Waals surface area contributed by atoms with E-state index >= 15 is 0 Å². The zero-order valence-corrected chi connectivity index (χ0v) is 8.49. The molecule has 1 fully saturated rings. The summed E-state index contributed by atoms with van der Waals surface area (Å²) >= 11 is 0. The van der Waals surface area contributed by atoms with E-state index in [2.05, 4.69) is 11.8 Å². The van der Waals surface area contributed by atoms with E-state index in [0.717, 1.165) is 32.4 Å². The summed E-state index contributed by atoms with van der Waals surface area (Å²) in [5.41, 5.74) is 0. The normalized spacial score (nSPS) is 22.9. The van der Waals surface area contributed by atoms with Gasteiger partial charge in [-0.05, 0) is 31.8 Å². The van der Waals surface area contributed by atoms with Crippen molar-refractivity contribution in [2.75, 3.05) is 13.1 Å². The summed E-state index contributed by atoms with van der Waals surface area (Å²) < 4.78 is 0. The highest BCUT2D eigenvalue weighted by Crippen LogP contribution is 2.19. The second-order valence-electron chi connectivity index (χ2n) is 3.91. The molecule has 3 heteroatoms. The number of nitrogens with zero attached hydrogens (tertiary/aromatic N) is 1. The van der Waals surface area contributed by atoms with Crippen molar-refractivity contribution in [1.29, 1.82) is 0 Å². The first-order valence-corrected chi connectivity index (χ1v) is 5.13. The molecule has 2 atom stereocenters. The Bertz CT molecular complexity index is 176. The predicted molar refractivity (Wildman–Crippen MR) is 51.7 cm³/mol. The minimum Gasteiger partial charge on any atom is -0.480 e.